The fraction of sp³-hybridized carbons (Fsp3) is 0.565. The smallest absolute Gasteiger partial charge is 0.328 e. The number of methoxy groups -OCH3 is 1. The van der Waals surface area contributed by atoms with Crippen LogP contribution in [0.4, 0.5) is 10.5 Å². The number of hydrogen-bond acceptors (Lipinski definition) is 6. The maximum absolute atomic E-state index is 13.2. The van der Waals surface area contributed by atoms with Crippen molar-refractivity contribution in [3.8, 4) is 5.75 Å². The summed E-state index contributed by atoms with van der Waals surface area (Å²) < 4.78 is 5.38. The van der Waals surface area contributed by atoms with E-state index in [-0.39, 0.29) is 42.6 Å². The molecule has 33 heavy (non-hydrogen) atoms. The highest BCUT2D eigenvalue weighted by atomic mass is 16.5. The molecule has 3 aliphatic rings. The van der Waals surface area contributed by atoms with Gasteiger partial charge in [0.2, 0.25) is 11.8 Å². The maximum atomic E-state index is 13.2. The number of ether oxygens (including phenoxy) is 1. The normalized spacial score (nSPS) is 20.6. The number of nitrogens with one attached hydrogen (secondary N) is 1. The van der Waals surface area contributed by atoms with Crippen molar-refractivity contribution in [2.45, 2.75) is 38.1 Å². The van der Waals surface area contributed by atoms with E-state index >= 15 is 0 Å². The van der Waals surface area contributed by atoms with E-state index in [0.717, 1.165) is 12.8 Å². The van der Waals surface area contributed by atoms with Gasteiger partial charge in [-0.15, -0.1) is 0 Å². The third-order valence-corrected chi connectivity index (χ3v) is 6.75. The monoisotopic (exact) mass is 457 g/mol. The van der Waals surface area contributed by atoms with Gasteiger partial charge in [-0.25, -0.2) is 4.79 Å². The summed E-state index contributed by atoms with van der Waals surface area (Å²) in [5, 5.41) is 2.29. The highest BCUT2D eigenvalue weighted by Crippen LogP contribution is 2.32. The molecule has 0 spiro atoms. The summed E-state index contributed by atoms with van der Waals surface area (Å²) >= 11 is 0. The summed E-state index contributed by atoms with van der Waals surface area (Å²) in [6.45, 7) is 2.64. The second-order valence-corrected chi connectivity index (χ2v) is 8.87. The molecule has 3 saturated heterocycles. The molecule has 0 radical (unpaired) electrons. The van der Waals surface area contributed by atoms with Crippen molar-refractivity contribution in [1.82, 2.24) is 15.1 Å². The fourth-order valence-corrected chi connectivity index (χ4v) is 4.72. The Morgan fingerprint density at radius 1 is 1.00 bits per heavy atom. The van der Waals surface area contributed by atoms with Gasteiger partial charge in [0.05, 0.1) is 12.8 Å². The highest BCUT2D eigenvalue weighted by molar-refractivity contribution is 6.07. The number of imide groups is 1. The molecule has 0 saturated carbocycles. The van der Waals surface area contributed by atoms with Crippen LogP contribution in [0, 0.1) is 5.92 Å². The number of nitrogens with zero attached hydrogens (tertiary/aromatic N) is 3. The molecule has 0 aliphatic carbocycles. The van der Waals surface area contributed by atoms with Crippen LogP contribution in [0.5, 0.6) is 5.75 Å². The van der Waals surface area contributed by atoms with Crippen LogP contribution in [-0.4, -0.2) is 79.4 Å². The van der Waals surface area contributed by atoms with Crippen LogP contribution in [0.15, 0.2) is 18.2 Å². The molecule has 1 aromatic rings. The molecule has 0 aromatic heterocycles. The zero-order valence-electron chi connectivity index (χ0n) is 18.9. The number of nitrogens with two attached hydrogens (primary N) is 1. The zero-order valence-corrected chi connectivity index (χ0v) is 18.9. The Morgan fingerprint density at radius 2 is 1.67 bits per heavy atom. The third kappa shape index (κ3) is 4.95. The van der Waals surface area contributed by atoms with E-state index in [2.05, 4.69) is 5.32 Å². The van der Waals surface area contributed by atoms with Crippen molar-refractivity contribution in [3.63, 3.8) is 0 Å². The molecule has 0 atom stereocenters. The Hall–Kier alpha value is -3.14. The number of likely N-dealkylation sites (tertiary alicyclic amines) is 2. The summed E-state index contributed by atoms with van der Waals surface area (Å²) in [6, 6.07) is 4.60. The van der Waals surface area contributed by atoms with Crippen LogP contribution in [0.1, 0.15) is 42.5 Å². The lowest BCUT2D eigenvalue weighted by atomic mass is 9.93. The first-order chi connectivity index (χ1) is 15.9. The molecular formula is C23H31N5O5. The van der Waals surface area contributed by atoms with Crippen molar-refractivity contribution in [2.24, 2.45) is 11.7 Å². The van der Waals surface area contributed by atoms with Gasteiger partial charge in [-0.2, -0.15) is 0 Å². The molecule has 3 N–H and O–H groups in total. The number of carbonyl (C=O) groups excluding carboxylic acids is 4. The minimum absolute atomic E-state index is 0.0654. The van der Waals surface area contributed by atoms with E-state index in [9.17, 15) is 19.2 Å². The van der Waals surface area contributed by atoms with Crippen molar-refractivity contribution in [2.75, 3.05) is 44.7 Å². The van der Waals surface area contributed by atoms with Gasteiger partial charge in [-0.1, -0.05) is 0 Å². The lowest BCUT2D eigenvalue weighted by molar-refractivity contribution is -0.138. The predicted octanol–water partition coefficient (Wildman–Crippen LogP) is 0.943. The summed E-state index contributed by atoms with van der Waals surface area (Å²) in [6.07, 6.45) is 3.12. The van der Waals surface area contributed by atoms with E-state index in [1.165, 1.54) is 12.0 Å². The molecular weight excluding hydrogens is 426 g/mol. The summed E-state index contributed by atoms with van der Waals surface area (Å²) in [7, 11) is 1.49. The van der Waals surface area contributed by atoms with Gasteiger partial charge in [0.1, 0.15) is 5.75 Å². The number of anilines is 1. The van der Waals surface area contributed by atoms with Crippen LogP contribution in [0.25, 0.3) is 0 Å². The van der Waals surface area contributed by atoms with Crippen LogP contribution in [0.3, 0.4) is 0 Å². The fourth-order valence-electron chi connectivity index (χ4n) is 4.72. The molecule has 5 amide bonds. The molecule has 3 aliphatic heterocycles. The van der Waals surface area contributed by atoms with E-state index in [4.69, 9.17) is 10.5 Å². The molecule has 3 fully saturated rings. The van der Waals surface area contributed by atoms with Gasteiger partial charge < -0.3 is 20.3 Å². The second kappa shape index (κ2) is 9.78. The lowest BCUT2D eigenvalue weighted by Crippen LogP contribution is -2.49. The van der Waals surface area contributed by atoms with Crippen molar-refractivity contribution in [3.05, 3.63) is 23.8 Å². The zero-order chi connectivity index (χ0) is 23.5. The Morgan fingerprint density at radius 3 is 2.30 bits per heavy atom. The number of carbonyl (C=O) groups is 4. The molecule has 0 unspecified atom stereocenters. The van der Waals surface area contributed by atoms with Crippen molar-refractivity contribution < 1.29 is 23.9 Å². The van der Waals surface area contributed by atoms with Gasteiger partial charge in [0, 0.05) is 56.7 Å². The van der Waals surface area contributed by atoms with E-state index in [1.807, 2.05) is 4.90 Å². The number of piperidine rings is 2. The SMILES string of the molecule is COc1ccc(C(=O)N2CCC(C(=O)N3CCC(N)CC3)CC2)cc1N1CCC(=O)NC1=O. The predicted molar refractivity (Wildman–Crippen MR) is 121 cm³/mol. The van der Waals surface area contributed by atoms with Crippen LogP contribution < -0.4 is 20.7 Å². The first-order valence-corrected chi connectivity index (χ1v) is 11.5. The summed E-state index contributed by atoms with van der Waals surface area (Å²) in [4.78, 5) is 54.9. The Balaban J connectivity index is 1.41. The number of benzene rings is 1. The van der Waals surface area contributed by atoms with E-state index in [0.29, 0.717) is 56.0 Å². The standard InChI is InChI=1S/C23H31N5O5/c1-33-19-3-2-16(14-18(19)28-13-8-20(29)25-23(28)32)22(31)26-9-4-15(5-10-26)21(30)27-11-6-17(24)7-12-27/h2-3,14-15,17H,4-13,24H2,1H3,(H,25,29,32). The minimum Gasteiger partial charge on any atom is -0.495 e. The Bertz CT molecular complexity index is 935. The van der Waals surface area contributed by atoms with Crippen LogP contribution in [-0.2, 0) is 9.59 Å². The Kier molecular flexibility index (Phi) is 6.83. The molecule has 4 rings (SSSR count). The van der Waals surface area contributed by atoms with E-state index < -0.39 is 6.03 Å². The van der Waals surface area contributed by atoms with Crippen LogP contribution >= 0.6 is 0 Å². The van der Waals surface area contributed by atoms with Gasteiger partial charge in [0.15, 0.2) is 0 Å². The van der Waals surface area contributed by atoms with Crippen molar-refractivity contribution >= 4 is 29.4 Å². The molecule has 3 heterocycles. The largest absolute Gasteiger partial charge is 0.495 e. The first-order valence-electron chi connectivity index (χ1n) is 11.5. The lowest BCUT2D eigenvalue weighted by Gasteiger charge is -2.36. The Labute approximate surface area is 193 Å². The minimum atomic E-state index is -0.535. The van der Waals surface area contributed by atoms with Gasteiger partial charge >= 0.3 is 6.03 Å². The molecule has 10 nitrogen and oxygen atoms in total. The van der Waals surface area contributed by atoms with E-state index in [1.54, 1.807) is 23.1 Å². The summed E-state index contributed by atoms with van der Waals surface area (Å²) in [5.41, 5.74) is 6.82. The molecule has 178 valence electrons. The van der Waals surface area contributed by atoms with Crippen LogP contribution in [0.2, 0.25) is 0 Å². The van der Waals surface area contributed by atoms with Crippen molar-refractivity contribution in [1.29, 1.82) is 0 Å². The first kappa shape index (κ1) is 23.0. The number of amides is 5. The molecule has 0 bridgehead atoms. The third-order valence-electron chi connectivity index (χ3n) is 6.75. The van der Waals surface area contributed by atoms with Gasteiger partial charge in [-0.3, -0.25) is 24.6 Å². The topological polar surface area (TPSA) is 125 Å². The number of rotatable bonds is 4. The number of hydrogen-bond donors (Lipinski definition) is 2. The second-order valence-electron chi connectivity index (χ2n) is 8.87. The summed E-state index contributed by atoms with van der Waals surface area (Å²) in [5.74, 6) is 0.0758. The van der Waals surface area contributed by atoms with Gasteiger partial charge in [0.25, 0.3) is 5.91 Å². The number of urea groups is 1. The van der Waals surface area contributed by atoms with Gasteiger partial charge in [-0.05, 0) is 43.9 Å². The quantitative estimate of drug-likeness (QED) is 0.693. The molecule has 10 heteroatoms. The molecule has 1 aromatic carbocycles. The average molecular weight is 458 g/mol. The average Bonchev–Trinajstić information content (AvgIpc) is 2.83. The highest BCUT2D eigenvalue weighted by Gasteiger charge is 2.33. The maximum Gasteiger partial charge on any atom is 0.328 e.